The first kappa shape index (κ1) is 10.8. The number of hydrogen-bond acceptors (Lipinski definition) is 4. The van der Waals surface area contributed by atoms with Crippen LogP contribution >= 0.6 is 0 Å². The predicted octanol–water partition coefficient (Wildman–Crippen LogP) is 0.807. The molecule has 3 saturated heterocycles. The third-order valence-electron chi connectivity index (χ3n) is 3.63. The number of amides is 1. The van der Waals surface area contributed by atoms with Gasteiger partial charge in [-0.3, -0.25) is 4.79 Å². The average Bonchev–Trinajstić information content (AvgIpc) is 2.58. The second kappa shape index (κ2) is 4.14. The standard InChI is InChI=1S/C12H17N3O2/c1-8-7-17-11(14-8)12(16)15-5-9-2-3-10(6-15)13-4-9/h7,9-10,13H,2-6H2,1H3. The van der Waals surface area contributed by atoms with Crippen LogP contribution in [0, 0.1) is 12.8 Å². The van der Waals surface area contributed by atoms with Gasteiger partial charge in [-0.2, -0.15) is 0 Å². The summed E-state index contributed by atoms with van der Waals surface area (Å²) < 4.78 is 5.19. The van der Waals surface area contributed by atoms with Gasteiger partial charge in [0.15, 0.2) is 0 Å². The third kappa shape index (κ3) is 2.07. The first-order valence-corrected chi connectivity index (χ1v) is 6.17. The Bertz CT molecular complexity index is 407. The molecule has 0 radical (unpaired) electrons. The van der Waals surface area contributed by atoms with Crippen molar-refractivity contribution in [2.45, 2.75) is 25.8 Å². The number of oxazole rings is 1. The van der Waals surface area contributed by atoms with Gasteiger partial charge in [0.2, 0.25) is 0 Å². The second-order valence-corrected chi connectivity index (χ2v) is 5.05. The Labute approximate surface area is 100 Å². The predicted molar refractivity (Wildman–Crippen MR) is 61.7 cm³/mol. The minimum absolute atomic E-state index is 0.0706. The maximum absolute atomic E-state index is 12.2. The van der Waals surface area contributed by atoms with Gasteiger partial charge in [-0.15, -0.1) is 0 Å². The summed E-state index contributed by atoms with van der Waals surface area (Å²) in [6.07, 6.45) is 3.91. The number of nitrogens with zero attached hydrogens (tertiary/aromatic N) is 2. The molecule has 3 fully saturated rings. The molecule has 5 heteroatoms. The van der Waals surface area contributed by atoms with Crippen LogP contribution in [0.2, 0.25) is 0 Å². The number of fused-ring (bicyclic) bond motifs is 4. The fourth-order valence-electron chi connectivity index (χ4n) is 2.69. The largest absolute Gasteiger partial charge is 0.441 e. The molecule has 0 aliphatic carbocycles. The van der Waals surface area contributed by atoms with E-state index >= 15 is 0 Å². The quantitative estimate of drug-likeness (QED) is 0.782. The van der Waals surface area contributed by atoms with Crippen molar-refractivity contribution in [3.05, 3.63) is 17.8 Å². The van der Waals surface area contributed by atoms with Crippen molar-refractivity contribution in [1.82, 2.24) is 15.2 Å². The number of carbonyl (C=O) groups excluding carboxylic acids is 1. The molecule has 17 heavy (non-hydrogen) atoms. The molecular formula is C12H17N3O2. The van der Waals surface area contributed by atoms with E-state index in [1.165, 1.54) is 19.1 Å². The summed E-state index contributed by atoms with van der Waals surface area (Å²) in [6.45, 7) is 4.45. The number of aromatic nitrogens is 1. The van der Waals surface area contributed by atoms with Crippen LogP contribution in [0.25, 0.3) is 0 Å². The van der Waals surface area contributed by atoms with Crippen LogP contribution in [0.1, 0.15) is 29.2 Å². The van der Waals surface area contributed by atoms with Gasteiger partial charge in [-0.1, -0.05) is 0 Å². The lowest BCUT2D eigenvalue weighted by Crippen LogP contribution is -2.40. The molecule has 2 unspecified atom stereocenters. The summed E-state index contributed by atoms with van der Waals surface area (Å²) in [6, 6.07) is 0.439. The fourth-order valence-corrected chi connectivity index (χ4v) is 2.69. The van der Waals surface area contributed by atoms with Gasteiger partial charge < -0.3 is 14.6 Å². The molecule has 1 N–H and O–H groups in total. The molecular weight excluding hydrogens is 218 g/mol. The first-order chi connectivity index (χ1) is 8.22. The molecule has 1 amide bonds. The Morgan fingerprint density at radius 1 is 1.53 bits per heavy atom. The van der Waals surface area contributed by atoms with E-state index < -0.39 is 0 Å². The lowest BCUT2D eigenvalue weighted by molar-refractivity contribution is 0.0708. The SMILES string of the molecule is Cc1coc(C(=O)N2CC3CCC(C2)NC3)n1. The highest BCUT2D eigenvalue weighted by atomic mass is 16.4. The van der Waals surface area contributed by atoms with E-state index in [1.54, 1.807) is 0 Å². The summed E-state index contributed by atoms with van der Waals surface area (Å²) in [5.41, 5.74) is 0.754. The van der Waals surface area contributed by atoms with Gasteiger partial charge >= 0.3 is 5.91 Å². The van der Waals surface area contributed by atoms with Crippen LogP contribution in [-0.4, -0.2) is 41.5 Å². The molecule has 4 heterocycles. The molecule has 3 aliphatic rings. The molecule has 2 bridgehead atoms. The highest BCUT2D eigenvalue weighted by molar-refractivity contribution is 5.89. The van der Waals surface area contributed by atoms with Crippen molar-refractivity contribution >= 4 is 5.91 Å². The molecule has 0 spiro atoms. The van der Waals surface area contributed by atoms with Crippen molar-refractivity contribution in [2.24, 2.45) is 5.92 Å². The van der Waals surface area contributed by atoms with Gasteiger partial charge in [0.1, 0.15) is 6.26 Å². The topological polar surface area (TPSA) is 58.4 Å². The van der Waals surface area contributed by atoms with Crippen LogP contribution in [0.4, 0.5) is 0 Å². The number of carbonyl (C=O) groups is 1. The zero-order valence-corrected chi connectivity index (χ0v) is 9.98. The van der Waals surface area contributed by atoms with Crippen molar-refractivity contribution in [3.63, 3.8) is 0 Å². The van der Waals surface area contributed by atoms with Gasteiger partial charge in [0.05, 0.1) is 5.69 Å². The molecule has 4 rings (SSSR count). The molecule has 0 saturated carbocycles. The zero-order chi connectivity index (χ0) is 11.8. The lowest BCUT2D eigenvalue weighted by atomic mass is 9.97. The summed E-state index contributed by atoms with van der Waals surface area (Å²) >= 11 is 0. The highest BCUT2D eigenvalue weighted by Crippen LogP contribution is 2.22. The third-order valence-corrected chi connectivity index (χ3v) is 3.63. The Hall–Kier alpha value is -1.36. The number of hydrogen-bond donors (Lipinski definition) is 1. The summed E-state index contributed by atoms with van der Waals surface area (Å²) in [4.78, 5) is 18.2. The maximum Gasteiger partial charge on any atom is 0.309 e. The molecule has 3 aliphatic heterocycles. The number of piperidine rings is 1. The Morgan fingerprint density at radius 3 is 3.06 bits per heavy atom. The average molecular weight is 235 g/mol. The molecule has 5 nitrogen and oxygen atoms in total. The van der Waals surface area contributed by atoms with Gasteiger partial charge in [-0.25, -0.2) is 4.98 Å². The van der Waals surface area contributed by atoms with Crippen LogP contribution in [0.3, 0.4) is 0 Å². The van der Waals surface area contributed by atoms with Crippen LogP contribution < -0.4 is 5.32 Å². The second-order valence-electron chi connectivity index (χ2n) is 5.05. The Balaban J connectivity index is 1.78. The minimum atomic E-state index is -0.0706. The monoisotopic (exact) mass is 235 g/mol. The van der Waals surface area contributed by atoms with Crippen molar-refractivity contribution < 1.29 is 9.21 Å². The fraction of sp³-hybridized carbons (Fsp3) is 0.667. The maximum atomic E-state index is 12.2. The Kier molecular flexibility index (Phi) is 2.63. The molecule has 2 atom stereocenters. The van der Waals surface area contributed by atoms with E-state index in [2.05, 4.69) is 10.3 Å². The van der Waals surface area contributed by atoms with Gasteiger partial charge in [0, 0.05) is 19.1 Å². The van der Waals surface area contributed by atoms with E-state index in [4.69, 9.17) is 4.42 Å². The lowest BCUT2D eigenvalue weighted by Gasteiger charge is -2.22. The van der Waals surface area contributed by atoms with E-state index in [-0.39, 0.29) is 11.8 Å². The van der Waals surface area contributed by atoms with Crippen molar-refractivity contribution in [3.8, 4) is 0 Å². The van der Waals surface area contributed by atoms with Gasteiger partial charge in [-0.05, 0) is 32.2 Å². The smallest absolute Gasteiger partial charge is 0.309 e. The van der Waals surface area contributed by atoms with Gasteiger partial charge in [0.25, 0.3) is 5.89 Å². The van der Waals surface area contributed by atoms with Crippen molar-refractivity contribution in [1.29, 1.82) is 0 Å². The van der Waals surface area contributed by atoms with E-state index in [0.29, 0.717) is 12.0 Å². The Morgan fingerprint density at radius 2 is 2.41 bits per heavy atom. The van der Waals surface area contributed by atoms with Crippen LogP contribution in [-0.2, 0) is 0 Å². The van der Waals surface area contributed by atoms with Crippen LogP contribution in [0.15, 0.2) is 10.7 Å². The number of aryl methyl sites for hydroxylation is 1. The van der Waals surface area contributed by atoms with E-state index in [9.17, 15) is 4.79 Å². The summed E-state index contributed by atoms with van der Waals surface area (Å²) in [5.74, 6) is 0.733. The van der Waals surface area contributed by atoms with E-state index in [1.807, 2.05) is 11.8 Å². The molecule has 0 aromatic carbocycles. The number of nitrogens with one attached hydrogen (secondary N) is 1. The summed E-state index contributed by atoms with van der Waals surface area (Å²) in [5, 5.41) is 3.48. The van der Waals surface area contributed by atoms with Crippen LogP contribution in [0.5, 0.6) is 0 Å². The number of rotatable bonds is 1. The normalized spacial score (nSPS) is 28.2. The highest BCUT2D eigenvalue weighted by Gasteiger charge is 2.32. The van der Waals surface area contributed by atoms with E-state index in [0.717, 1.165) is 25.3 Å². The molecule has 1 aromatic rings. The first-order valence-electron chi connectivity index (χ1n) is 6.17. The molecule has 1 aromatic heterocycles. The summed E-state index contributed by atoms with van der Waals surface area (Å²) in [7, 11) is 0. The zero-order valence-electron chi connectivity index (χ0n) is 9.98. The minimum Gasteiger partial charge on any atom is -0.441 e. The van der Waals surface area contributed by atoms with Crippen molar-refractivity contribution in [2.75, 3.05) is 19.6 Å². The molecule has 92 valence electrons.